The van der Waals surface area contributed by atoms with E-state index in [1.165, 1.54) is 18.7 Å². The van der Waals surface area contributed by atoms with E-state index >= 15 is 0 Å². The van der Waals surface area contributed by atoms with Gasteiger partial charge in [0.1, 0.15) is 21.7 Å². The Bertz CT molecular complexity index is 1390. The number of carbonyl (C=O) groups is 2. The molecule has 0 bridgehead atoms. The van der Waals surface area contributed by atoms with Crippen LogP contribution in [0.1, 0.15) is 64.6 Å². The Morgan fingerprint density at radius 1 is 1.09 bits per heavy atom. The molecule has 0 aliphatic rings. The van der Waals surface area contributed by atoms with Crippen molar-refractivity contribution in [3.63, 3.8) is 0 Å². The molecule has 0 saturated carbocycles. The second-order valence-electron chi connectivity index (χ2n) is 8.60. The molecule has 0 fully saturated rings. The molecule has 4 aromatic rings. The first-order valence-corrected chi connectivity index (χ1v) is 11.5. The van der Waals surface area contributed by atoms with Crippen LogP contribution in [-0.4, -0.2) is 46.3 Å². The highest BCUT2D eigenvalue weighted by Gasteiger charge is 2.23. The number of hydrogen-bond donors (Lipinski definition) is 2. The molecular weight excluding hydrogens is 478 g/mol. The van der Waals surface area contributed by atoms with Gasteiger partial charge >= 0.3 is 0 Å². The van der Waals surface area contributed by atoms with Crippen LogP contribution in [0.15, 0.2) is 25.0 Å². The van der Waals surface area contributed by atoms with Gasteiger partial charge in [0.05, 0.1) is 35.5 Å². The van der Waals surface area contributed by atoms with Gasteiger partial charge in [-0.2, -0.15) is 0 Å². The summed E-state index contributed by atoms with van der Waals surface area (Å²) in [5.41, 5.74) is 1.45. The van der Waals surface area contributed by atoms with Gasteiger partial charge in [0.15, 0.2) is 11.3 Å². The third-order valence-corrected chi connectivity index (χ3v) is 6.31. The minimum atomic E-state index is -0.466. The van der Waals surface area contributed by atoms with Crippen molar-refractivity contribution < 1.29 is 9.59 Å². The van der Waals surface area contributed by atoms with Crippen molar-refractivity contribution >= 4 is 51.9 Å². The van der Waals surface area contributed by atoms with Crippen LogP contribution in [0.4, 0.5) is 5.95 Å². The molecular formula is C21H22ClN9O2S. The molecule has 0 spiro atoms. The fourth-order valence-electron chi connectivity index (χ4n) is 3.15. The maximum absolute atomic E-state index is 12.8. The van der Waals surface area contributed by atoms with E-state index < -0.39 is 17.9 Å². The Morgan fingerprint density at radius 2 is 1.85 bits per heavy atom. The van der Waals surface area contributed by atoms with Crippen molar-refractivity contribution in [2.45, 2.75) is 39.2 Å². The van der Waals surface area contributed by atoms with Gasteiger partial charge in [-0.15, -0.1) is 11.3 Å². The average Bonchev–Trinajstić information content (AvgIpc) is 3.42. The molecule has 4 aromatic heterocycles. The molecule has 11 nitrogen and oxygen atoms in total. The molecule has 1 atom stereocenters. The largest absolute Gasteiger partial charge is 0.342 e. The highest BCUT2D eigenvalue weighted by atomic mass is 35.5. The predicted molar refractivity (Wildman–Crippen MR) is 128 cm³/mol. The number of nitrogens with one attached hydrogen (secondary N) is 2. The summed E-state index contributed by atoms with van der Waals surface area (Å²) < 4.78 is 1.71. The van der Waals surface area contributed by atoms with E-state index in [9.17, 15) is 9.59 Å². The van der Waals surface area contributed by atoms with Crippen molar-refractivity contribution in [2.75, 3.05) is 5.32 Å². The summed E-state index contributed by atoms with van der Waals surface area (Å²) in [6.45, 7) is 7.68. The monoisotopic (exact) mass is 499 g/mol. The second-order valence-corrected chi connectivity index (χ2v) is 10.1. The maximum atomic E-state index is 12.8. The minimum Gasteiger partial charge on any atom is -0.342 e. The van der Waals surface area contributed by atoms with Gasteiger partial charge in [-0.25, -0.2) is 29.9 Å². The molecule has 13 heteroatoms. The Balaban J connectivity index is 1.46. The van der Waals surface area contributed by atoms with Gasteiger partial charge in [-0.05, 0) is 6.92 Å². The standard InChI is InChI=1S/C21H22ClN9O2S/c1-10(28-18(33)14-13-16(26-8-25-14)31(5)9-27-13)19-23-7-12(34-19)17(32)30-20-24-6-11(22)15(29-20)21(2,3)4/h6-10H,1-5H3,(H,28,33)(H,24,29,30,32). The number of hydrogen-bond acceptors (Lipinski definition) is 9. The normalized spacial score (nSPS) is 12.5. The Morgan fingerprint density at radius 3 is 2.59 bits per heavy atom. The predicted octanol–water partition coefficient (Wildman–Crippen LogP) is 3.30. The lowest BCUT2D eigenvalue weighted by Crippen LogP contribution is -2.27. The molecule has 0 aliphatic heterocycles. The minimum absolute atomic E-state index is 0.152. The number of carbonyl (C=O) groups excluding carboxylic acids is 2. The molecule has 2 N–H and O–H groups in total. The zero-order valence-electron chi connectivity index (χ0n) is 19.1. The Hall–Kier alpha value is -3.51. The van der Waals surface area contributed by atoms with E-state index in [-0.39, 0.29) is 17.1 Å². The molecule has 0 aliphatic carbocycles. The third kappa shape index (κ3) is 4.73. The van der Waals surface area contributed by atoms with E-state index in [1.807, 2.05) is 20.8 Å². The third-order valence-electron chi connectivity index (χ3n) is 4.86. The number of aromatic nitrogens is 7. The molecule has 4 rings (SSSR count). The first-order valence-electron chi connectivity index (χ1n) is 10.3. The summed E-state index contributed by atoms with van der Waals surface area (Å²) in [7, 11) is 1.79. The van der Waals surface area contributed by atoms with Crippen LogP contribution in [0.5, 0.6) is 0 Å². The number of anilines is 1. The summed E-state index contributed by atoms with van der Waals surface area (Å²) in [4.78, 5) is 51.0. The van der Waals surface area contributed by atoms with Crippen LogP contribution in [0.25, 0.3) is 11.2 Å². The van der Waals surface area contributed by atoms with Crippen LogP contribution >= 0.6 is 22.9 Å². The van der Waals surface area contributed by atoms with Crippen LogP contribution in [0.2, 0.25) is 5.02 Å². The first-order chi connectivity index (χ1) is 16.0. The highest BCUT2D eigenvalue weighted by Crippen LogP contribution is 2.28. The summed E-state index contributed by atoms with van der Waals surface area (Å²) in [5.74, 6) is -0.668. The fraction of sp³-hybridized carbons (Fsp3) is 0.333. The average molecular weight is 500 g/mol. The lowest BCUT2D eigenvalue weighted by Gasteiger charge is -2.19. The summed E-state index contributed by atoms with van der Waals surface area (Å²) in [5, 5.41) is 6.50. The lowest BCUT2D eigenvalue weighted by atomic mass is 9.92. The van der Waals surface area contributed by atoms with Crippen LogP contribution in [0.3, 0.4) is 0 Å². The molecule has 4 heterocycles. The number of imidazole rings is 1. The molecule has 0 aromatic carbocycles. The van der Waals surface area contributed by atoms with Gasteiger partial charge < -0.3 is 9.88 Å². The highest BCUT2D eigenvalue weighted by molar-refractivity contribution is 7.13. The zero-order valence-corrected chi connectivity index (χ0v) is 20.7. The van der Waals surface area contributed by atoms with E-state index in [0.717, 1.165) is 11.3 Å². The topological polar surface area (TPSA) is 140 Å². The molecule has 176 valence electrons. The summed E-state index contributed by atoms with van der Waals surface area (Å²) >= 11 is 7.35. The molecule has 1 unspecified atom stereocenters. The maximum Gasteiger partial charge on any atom is 0.272 e. The number of nitrogens with zero attached hydrogens (tertiary/aromatic N) is 7. The number of rotatable bonds is 5. The SMILES string of the molecule is CC(NC(=O)c1ncnc2c1ncn2C)c1ncc(C(=O)Nc2ncc(Cl)c(C(C)(C)C)n2)s1. The van der Waals surface area contributed by atoms with Crippen molar-refractivity contribution in [1.29, 1.82) is 0 Å². The van der Waals surface area contributed by atoms with Gasteiger partial charge in [-0.1, -0.05) is 32.4 Å². The first kappa shape index (κ1) is 23.6. The van der Waals surface area contributed by atoms with E-state index in [1.54, 1.807) is 24.9 Å². The Labute approximate surface area is 204 Å². The quantitative estimate of drug-likeness (QED) is 0.426. The van der Waals surface area contributed by atoms with Crippen LogP contribution in [-0.2, 0) is 12.5 Å². The summed E-state index contributed by atoms with van der Waals surface area (Å²) in [6, 6.07) is -0.466. The van der Waals surface area contributed by atoms with E-state index in [2.05, 4.69) is 40.5 Å². The number of halogens is 1. The van der Waals surface area contributed by atoms with Gasteiger partial charge in [-0.3, -0.25) is 14.9 Å². The zero-order chi connectivity index (χ0) is 24.6. The van der Waals surface area contributed by atoms with Crippen molar-refractivity contribution in [3.05, 3.63) is 51.3 Å². The lowest BCUT2D eigenvalue weighted by molar-refractivity contribution is 0.0935. The smallest absolute Gasteiger partial charge is 0.272 e. The molecule has 2 amide bonds. The number of thiazole rings is 1. The fourth-order valence-corrected chi connectivity index (χ4v) is 4.34. The van der Waals surface area contributed by atoms with Crippen LogP contribution in [0, 0.1) is 0 Å². The number of fused-ring (bicyclic) bond motifs is 1. The summed E-state index contributed by atoms with van der Waals surface area (Å²) in [6.07, 6.45) is 5.80. The second kappa shape index (κ2) is 9.03. The van der Waals surface area contributed by atoms with Gasteiger partial charge in [0, 0.05) is 12.5 Å². The van der Waals surface area contributed by atoms with Crippen LogP contribution < -0.4 is 10.6 Å². The van der Waals surface area contributed by atoms with E-state index in [4.69, 9.17) is 11.6 Å². The molecule has 0 saturated heterocycles. The van der Waals surface area contributed by atoms with E-state index in [0.29, 0.717) is 31.8 Å². The molecule has 34 heavy (non-hydrogen) atoms. The van der Waals surface area contributed by atoms with Crippen molar-refractivity contribution in [2.24, 2.45) is 7.05 Å². The van der Waals surface area contributed by atoms with Crippen molar-refractivity contribution in [1.82, 2.24) is 39.8 Å². The van der Waals surface area contributed by atoms with Gasteiger partial charge in [0.2, 0.25) is 5.95 Å². The number of amides is 2. The molecule has 0 radical (unpaired) electrons. The number of aryl methyl sites for hydroxylation is 1. The van der Waals surface area contributed by atoms with Crippen molar-refractivity contribution in [3.8, 4) is 0 Å². The Kier molecular flexibility index (Phi) is 6.28. The van der Waals surface area contributed by atoms with Gasteiger partial charge in [0.25, 0.3) is 11.8 Å².